The average molecular weight is 281 g/mol. The highest BCUT2D eigenvalue weighted by atomic mass is 79.9. The number of anilines is 1. The fraction of sp³-hybridized carbons (Fsp3) is 0.0909. The van der Waals surface area contributed by atoms with Gasteiger partial charge in [0.25, 0.3) is 0 Å². The number of H-pyrrole nitrogens is 1. The molecular weight excluding hydrogens is 272 g/mol. The topological polar surface area (TPSA) is 62.0 Å². The highest BCUT2D eigenvalue weighted by Gasteiger charge is 2.04. The second-order valence-electron chi connectivity index (χ2n) is 3.41. The van der Waals surface area contributed by atoms with Crippen molar-refractivity contribution in [3.05, 3.63) is 39.1 Å². The summed E-state index contributed by atoms with van der Waals surface area (Å²) in [6.45, 7) is 1.43. The van der Waals surface area contributed by atoms with E-state index in [1.165, 1.54) is 6.92 Å². The van der Waals surface area contributed by atoms with E-state index in [0.717, 1.165) is 5.52 Å². The van der Waals surface area contributed by atoms with Crippen molar-refractivity contribution in [1.82, 2.24) is 4.98 Å². The van der Waals surface area contributed by atoms with E-state index in [9.17, 15) is 9.59 Å². The molecule has 0 saturated heterocycles. The van der Waals surface area contributed by atoms with E-state index in [4.69, 9.17) is 0 Å². The summed E-state index contributed by atoms with van der Waals surface area (Å²) in [7, 11) is 0. The van der Waals surface area contributed by atoms with E-state index in [0.29, 0.717) is 15.5 Å². The normalized spacial score (nSPS) is 10.4. The molecule has 0 aliphatic carbocycles. The molecule has 2 aromatic rings. The number of carbonyl (C=O) groups is 1. The smallest absolute Gasteiger partial charge is 0.221 e. The maximum absolute atomic E-state index is 11.8. The van der Waals surface area contributed by atoms with E-state index in [2.05, 4.69) is 26.2 Å². The zero-order valence-corrected chi connectivity index (χ0v) is 10.1. The molecule has 0 radical (unpaired) electrons. The first-order valence-corrected chi connectivity index (χ1v) is 5.46. The zero-order chi connectivity index (χ0) is 11.7. The molecule has 16 heavy (non-hydrogen) atoms. The summed E-state index contributed by atoms with van der Waals surface area (Å²) in [5.41, 5.74) is 1.26. The Morgan fingerprint density at radius 3 is 2.88 bits per heavy atom. The Bertz CT molecular complexity index is 619. The third-order valence-corrected chi connectivity index (χ3v) is 2.74. The summed E-state index contributed by atoms with van der Waals surface area (Å²) < 4.78 is 0.472. The van der Waals surface area contributed by atoms with Gasteiger partial charge in [-0.05, 0) is 34.1 Å². The van der Waals surface area contributed by atoms with Gasteiger partial charge in [0, 0.05) is 29.7 Å². The first kappa shape index (κ1) is 10.9. The van der Waals surface area contributed by atoms with Crippen LogP contribution in [-0.2, 0) is 4.79 Å². The summed E-state index contributed by atoms with van der Waals surface area (Å²) in [6, 6.07) is 5.16. The van der Waals surface area contributed by atoms with Gasteiger partial charge in [-0.2, -0.15) is 0 Å². The van der Waals surface area contributed by atoms with Crippen molar-refractivity contribution in [1.29, 1.82) is 0 Å². The van der Waals surface area contributed by atoms with Gasteiger partial charge >= 0.3 is 0 Å². The number of rotatable bonds is 1. The Balaban J connectivity index is 2.64. The first-order chi connectivity index (χ1) is 7.58. The van der Waals surface area contributed by atoms with Crippen LogP contribution in [0.25, 0.3) is 10.9 Å². The highest BCUT2D eigenvalue weighted by molar-refractivity contribution is 9.10. The fourth-order valence-corrected chi connectivity index (χ4v) is 1.80. The van der Waals surface area contributed by atoms with E-state index in [1.54, 1.807) is 24.4 Å². The molecule has 0 saturated carbocycles. The molecule has 1 amide bonds. The highest BCUT2D eigenvalue weighted by Crippen LogP contribution is 2.16. The van der Waals surface area contributed by atoms with Gasteiger partial charge in [-0.15, -0.1) is 0 Å². The number of benzene rings is 1. The van der Waals surface area contributed by atoms with Crippen LogP contribution >= 0.6 is 15.9 Å². The van der Waals surface area contributed by atoms with Crippen LogP contribution in [0, 0.1) is 0 Å². The Morgan fingerprint density at radius 2 is 2.19 bits per heavy atom. The van der Waals surface area contributed by atoms with Crippen LogP contribution < -0.4 is 10.7 Å². The van der Waals surface area contributed by atoms with Gasteiger partial charge in [0.1, 0.15) is 0 Å². The molecule has 1 heterocycles. The van der Waals surface area contributed by atoms with Crippen molar-refractivity contribution in [3.8, 4) is 0 Å². The van der Waals surface area contributed by atoms with Crippen molar-refractivity contribution in [2.24, 2.45) is 0 Å². The van der Waals surface area contributed by atoms with E-state index in [-0.39, 0.29) is 11.3 Å². The predicted molar refractivity (Wildman–Crippen MR) is 66.6 cm³/mol. The molecule has 1 aromatic carbocycles. The molecule has 5 heteroatoms. The van der Waals surface area contributed by atoms with Crippen LogP contribution in [-0.4, -0.2) is 10.9 Å². The molecular formula is C11H9BrN2O2. The number of hydrogen-bond acceptors (Lipinski definition) is 2. The number of amides is 1. The SMILES string of the molecule is CC(=O)Nc1ccc2[nH]cc(Br)c(=O)c2c1. The number of hydrogen-bond donors (Lipinski definition) is 2. The lowest BCUT2D eigenvalue weighted by Crippen LogP contribution is -2.08. The number of pyridine rings is 1. The molecule has 2 rings (SSSR count). The van der Waals surface area contributed by atoms with Gasteiger partial charge < -0.3 is 10.3 Å². The molecule has 82 valence electrons. The monoisotopic (exact) mass is 280 g/mol. The summed E-state index contributed by atoms with van der Waals surface area (Å²) >= 11 is 3.16. The summed E-state index contributed by atoms with van der Waals surface area (Å²) in [6.07, 6.45) is 1.60. The third-order valence-electron chi connectivity index (χ3n) is 2.16. The van der Waals surface area contributed by atoms with Crippen molar-refractivity contribution < 1.29 is 4.79 Å². The Hall–Kier alpha value is -1.62. The van der Waals surface area contributed by atoms with Crippen molar-refractivity contribution >= 4 is 38.4 Å². The molecule has 0 unspecified atom stereocenters. The predicted octanol–water partition coefficient (Wildman–Crippen LogP) is 2.25. The number of aromatic amines is 1. The van der Waals surface area contributed by atoms with E-state index < -0.39 is 0 Å². The average Bonchev–Trinajstić information content (AvgIpc) is 2.23. The minimum Gasteiger partial charge on any atom is -0.360 e. The molecule has 4 nitrogen and oxygen atoms in total. The van der Waals surface area contributed by atoms with Gasteiger partial charge in [0.15, 0.2) is 0 Å². The maximum atomic E-state index is 11.8. The van der Waals surface area contributed by atoms with Crippen molar-refractivity contribution in [3.63, 3.8) is 0 Å². The second kappa shape index (κ2) is 4.09. The molecule has 0 spiro atoms. The van der Waals surface area contributed by atoms with E-state index >= 15 is 0 Å². The maximum Gasteiger partial charge on any atom is 0.221 e. The van der Waals surface area contributed by atoms with Gasteiger partial charge in [-0.3, -0.25) is 9.59 Å². The molecule has 2 N–H and O–H groups in total. The lowest BCUT2D eigenvalue weighted by Gasteiger charge is -2.04. The Kier molecular flexibility index (Phi) is 2.78. The van der Waals surface area contributed by atoms with E-state index in [1.807, 2.05) is 0 Å². The van der Waals surface area contributed by atoms with Crippen LogP contribution in [0.15, 0.2) is 33.7 Å². The second-order valence-corrected chi connectivity index (χ2v) is 4.26. The van der Waals surface area contributed by atoms with Gasteiger partial charge in [0.2, 0.25) is 11.3 Å². The number of nitrogens with one attached hydrogen (secondary N) is 2. The van der Waals surface area contributed by atoms with Crippen LogP contribution in [0.1, 0.15) is 6.92 Å². The quantitative estimate of drug-likeness (QED) is 0.842. The lowest BCUT2D eigenvalue weighted by molar-refractivity contribution is -0.114. The molecule has 0 aliphatic rings. The van der Waals surface area contributed by atoms with Crippen LogP contribution in [0.4, 0.5) is 5.69 Å². The molecule has 0 atom stereocenters. The third kappa shape index (κ3) is 1.99. The van der Waals surface area contributed by atoms with Gasteiger partial charge in [-0.25, -0.2) is 0 Å². The Morgan fingerprint density at radius 1 is 1.44 bits per heavy atom. The van der Waals surface area contributed by atoms with Gasteiger partial charge in [0.05, 0.1) is 4.47 Å². The molecule has 0 bridgehead atoms. The zero-order valence-electron chi connectivity index (χ0n) is 8.50. The van der Waals surface area contributed by atoms with Crippen LogP contribution in [0.3, 0.4) is 0 Å². The summed E-state index contributed by atoms with van der Waals surface area (Å²) in [4.78, 5) is 25.7. The largest absolute Gasteiger partial charge is 0.360 e. The fourth-order valence-electron chi connectivity index (χ4n) is 1.47. The standard InChI is InChI=1S/C11H9BrN2O2/c1-6(15)14-7-2-3-10-8(4-7)11(16)9(12)5-13-10/h2-5H,1H3,(H,13,16)(H,14,15). The number of halogens is 1. The van der Waals surface area contributed by atoms with Crippen molar-refractivity contribution in [2.75, 3.05) is 5.32 Å². The van der Waals surface area contributed by atoms with Crippen molar-refractivity contribution in [2.45, 2.75) is 6.92 Å². The number of fused-ring (bicyclic) bond motifs is 1. The Labute approximate surface area is 99.8 Å². The summed E-state index contributed by atoms with van der Waals surface area (Å²) in [5.74, 6) is -0.161. The molecule has 1 aromatic heterocycles. The lowest BCUT2D eigenvalue weighted by atomic mass is 10.2. The first-order valence-electron chi connectivity index (χ1n) is 4.66. The number of aromatic nitrogens is 1. The minimum atomic E-state index is -0.161. The summed E-state index contributed by atoms with van der Waals surface area (Å²) in [5, 5.41) is 3.18. The molecule has 0 aliphatic heterocycles. The van der Waals surface area contributed by atoms with Crippen LogP contribution in [0.2, 0.25) is 0 Å². The molecule has 0 fully saturated rings. The number of carbonyl (C=O) groups excluding carboxylic acids is 1. The van der Waals surface area contributed by atoms with Crippen LogP contribution in [0.5, 0.6) is 0 Å². The minimum absolute atomic E-state index is 0.0963. The van der Waals surface area contributed by atoms with Gasteiger partial charge in [-0.1, -0.05) is 0 Å².